The van der Waals surface area contributed by atoms with E-state index in [1.54, 1.807) is 30.0 Å². The molecule has 0 radical (unpaired) electrons. The quantitative estimate of drug-likeness (QED) is 0.309. The van der Waals surface area contributed by atoms with E-state index in [9.17, 15) is 14.3 Å². The van der Waals surface area contributed by atoms with E-state index in [0.717, 1.165) is 65.2 Å². The third-order valence-corrected chi connectivity index (χ3v) is 7.81. The monoisotopic (exact) mass is 510 g/mol. The zero-order valence-corrected chi connectivity index (χ0v) is 21.0. The Morgan fingerprint density at radius 3 is 2.72 bits per heavy atom. The van der Waals surface area contributed by atoms with Gasteiger partial charge in [-0.05, 0) is 78.8 Å². The molecule has 2 aliphatic heterocycles. The molecule has 0 saturated heterocycles. The van der Waals surface area contributed by atoms with Gasteiger partial charge in [-0.25, -0.2) is 9.18 Å². The van der Waals surface area contributed by atoms with E-state index in [1.807, 2.05) is 6.08 Å². The molecule has 36 heavy (non-hydrogen) atoms. The molecule has 0 amide bonds. The van der Waals surface area contributed by atoms with E-state index in [-0.39, 0.29) is 5.82 Å². The molecule has 190 valence electrons. The summed E-state index contributed by atoms with van der Waals surface area (Å²) in [5.41, 5.74) is 3.38. The van der Waals surface area contributed by atoms with Gasteiger partial charge in [-0.2, -0.15) is 0 Å². The number of aryl methyl sites for hydroxylation is 1. The summed E-state index contributed by atoms with van der Waals surface area (Å²) in [6.45, 7) is 4.02. The summed E-state index contributed by atoms with van der Waals surface area (Å²) in [6.07, 6.45) is 6.68. The normalized spacial score (nSPS) is 17.1. The molecule has 1 aliphatic carbocycles. The van der Waals surface area contributed by atoms with Crippen LogP contribution in [0.15, 0.2) is 65.4 Å². The molecule has 3 aliphatic rings. The maximum atomic E-state index is 13.2. The van der Waals surface area contributed by atoms with Gasteiger partial charge in [0.25, 0.3) is 0 Å². The van der Waals surface area contributed by atoms with Crippen molar-refractivity contribution in [2.75, 3.05) is 36.9 Å². The van der Waals surface area contributed by atoms with Gasteiger partial charge in [0.15, 0.2) is 5.76 Å². The van der Waals surface area contributed by atoms with E-state index >= 15 is 0 Å². The van der Waals surface area contributed by atoms with Gasteiger partial charge in [-0.3, -0.25) is 0 Å². The van der Waals surface area contributed by atoms with E-state index < -0.39 is 6.16 Å². The maximum absolute atomic E-state index is 13.2. The van der Waals surface area contributed by atoms with Crippen LogP contribution in [0, 0.1) is 11.7 Å². The molecule has 0 unspecified atom stereocenters. The standard InChI is InChI=1S/C28H31FN2O4S/c29-23-10-7-20(8-11-23)3-2-16-36-27-26(35-28(32)33)4-1-13-31(27)19-22-9-12-25-24(17-22)30(14-15-34-25)18-21-5-6-21/h1,4,7-12,17,21H,2-3,5-6,13-16,18-19H2,(H,32,33). The highest BCUT2D eigenvalue weighted by Crippen LogP contribution is 2.38. The fraction of sp³-hybridized carbons (Fsp3) is 0.393. The number of benzene rings is 2. The van der Waals surface area contributed by atoms with Crippen molar-refractivity contribution in [1.29, 1.82) is 0 Å². The van der Waals surface area contributed by atoms with Gasteiger partial charge in [0, 0.05) is 19.6 Å². The summed E-state index contributed by atoms with van der Waals surface area (Å²) < 4.78 is 24.2. The summed E-state index contributed by atoms with van der Waals surface area (Å²) in [5, 5.41) is 10.1. The van der Waals surface area contributed by atoms with Crippen molar-refractivity contribution in [3.05, 3.63) is 82.3 Å². The number of fused-ring (bicyclic) bond motifs is 1. The van der Waals surface area contributed by atoms with Gasteiger partial charge < -0.3 is 24.4 Å². The smallest absolute Gasteiger partial charge is 0.490 e. The molecular formula is C28H31FN2O4S. The van der Waals surface area contributed by atoms with Gasteiger partial charge in [0.2, 0.25) is 0 Å². The van der Waals surface area contributed by atoms with Crippen LogP contribution in [0.4, 0.5) is 14.9 Å². The molecule has 0 spiro atoms. The maximum Gasteiger partial charge on any atom is 0.511 e. The first-order chi connectivity index (χ1) is 17.5. The number of nitrogens with zero attached hydrogens (tertiary/aromatic N) is 2. The number of halogens is 1. The molecule has 8 heteroatoms. The molecular weight excluding hydrogens is 479 g/mol. The second-order valence-electron chi connectivity index (χ2n) is 9.44. The molecule has 1 N–H and O–H groups in total. The van der Waals surface area contributed by atoms with Crippen molar-refractivity contribution in [2.45, 2.75) is 32.2 Å². The highest BCUT2D eigenvalue weighted by molar-refractivity contribution is 8.03. The average molecular weight is 511 g/mol. The van der Waals surface area contributed by atoms with E-state index in [4.69, 9.17) is 9.47 Å². The SMILES string of the molecule is O=C(O)OC1=C(SCCCc2ccc(F)cc2)N(Cc2ccc3c(c2)N(CC2CC2)CCO3)CC=C1. The number of hydrogen-bond donors (Lipinski definition) is 1. The number of carboxylic acid groups (broad SMARTS) is 1. The summed E-state index contributed by atoms with van der Waals surface area (Å²) in [7, 11) is 0. The lowest BCUT2D eigenvalue weighted by molar-refractivity contribution is 0.119. The zero-order valence-electron chi connectivity index (χ0n) is 20.2. The van der Waals surface area contributed by atoms with E-state index in [1.165, 1.54) is 25.0 Å². The van der Waals surface area contributed by atoms with Gasteiger partial charge >= 0.3 is 6.16 Å². The molecule has 5 rings (SSSR count). The number of allylic oxidation sites excluding steroid dienone is 1. The molecule has 0 aromatic heterocycles. The first-order valence-electron chi connectivity index (χ1n) is 12.5. The second kappa shape index (κ2) is 11.3. The third kappa shape index (κ3) is 6.35. The molecule has 1 saturated carbocycles. The zero-order chi connectivity index (χ0) is 24.9. The Bertz CT molecular complexity index is 1150. The summed E-state index contributed by atoms with van der Waals surface area (Å²) in [5.74, 6) is 2.64. The lowest BCUT2D eigenvalue weighted by Crippen LogP contribution is -2.34. The highest BCUT2D eigenvalue weighted by Gasteiger charge is 2.28. The summed E-state index contributed by atoms with van der Waals surface area (Å²) in [4.78, 5) is 15.9. The Labute approximate surface area is 215 Å². The third-order valence-electron chi connectivity index (χ3n) is 6.58. The molecule has 0 atom stereocenters. The topological polar surface area (TPSA) is 62.2 Å². The Hall–Kier alpha value is -3.13. The largest absolute Gasteiger partial charge is 0.511 e. The number of hydrogen-bond acceptors (Lipinski definition) is 6. The van der Waals surface area contributed by atoms with Crippen molar-refractivity contribution < 1.29 is 23.8 Å². The van der Waals surface area contributed by atoms with Crippen molar-refractivity contribution in [3.63, 3.8) is 0 Å². The molecule has 2 aromatic carbocycles. The lowest BCUT2D eigenvalue weighted by atomic mass is 10.1. The predicted molar refractivity (Wildman–Crippen MR) is 140 cm³/mol. The first kappa shape index (κ1) is 24.6. The van der Waals surface area contributed by atoms with E-state index in [0.29, 0.717) is 25.5 Å². The van der Waals surface area contributed by atoms with Crippen LogP contribution in [-0.4, -0.2) is 48.2 Å². The molecule has 2 heterocycles. The number of rotatable bonds is 10. The molecule has 1 fully saturated rings. The predicted octanol–water partition coefficient (Wildman–Crippen LogP) is 6.04. The number of carbonyl (C=O) groups is 1. The Kier molecular flexibility index (Phi) is 7.70. The Morgan fingerprint density at radius 1 is 1.14 bits per heavy atom. The molecule has 0 bridgehead atoms. The minimum Gasteiger partial charge on any atom is -0.490 e. The average Bonchev–Trinajstić information content (AvgIpc) is 3.68. The highest BCUT2D eigenvalue weighted by atomic mass is 32.2. The van der Waals surface area contributed by atoms with Crippen molar-refractivity contribution >= 4 is 23.6 Å². The minimum atomic E-state index is -1.32. The number of thioether (sulfide) groups is 1. The van der Waals surface area contributed by atoms with Crippen LogP contribution in [0.5, 0.6) is 5.75 Å². The van der Waals surface area contributed by atoms with Crippen LogP contribution in [-0.2, 0) is 17.7 Å². The Balaban J connectivity index is 1.28. The van der Waals surface area contributed by atoms with Crippen molar-refractivity contribution in [2.24, 2.45) is 5.92 Å². The fourth-order valence-electron chi connectivity index (χ4n) is 4.60. The van der Waals surface area contributed by atoms with Gasteiger partial charge in [-0.15, -0.1) is 11.8 Å². The summed E-state index contributed by atoms with van der Waals surface area (Å²) >= 11 is 1.60. The van der Waals surface area contributed by atoms with Crippen LogP contribution in [0.3, 0.4) is 0 Å². The van der Waals surface area contributed by atoms with Crippen LogP contribution in [0.25, 0.3) is 0 Å². The fourth-order valence-corrected chi connectivity index (χ4v) is 5.66. The lowest BCUT2D eigenvalue weighted by Gasteiger charge is -2.33. The second-order valence-corrected chi connectivity index (χ2v) is 10.5. The number of anilines is 1. The van der Waals surface area contributed by atoms with Crippen LogP contribution >= 0.6 is 11.8 Å². The van der Waals surface area contributed by atoms with Crippen molar-refractivity contribution in [1.82, 2.24) is 4.90 Å². The van der Waals surface area contributed by atoms with E-state index in [2.05, 4.69) is 28.0 Å². The van der Waals surface area contributed by atoms with Crippen LogP contribution in [0.2, 0.25) is 0 Å². The summed E-state index contributed by atoms with van der Waals surface area (Å²) in [6, 6.07) is 12.9. The van der Waals surface area contributed by atoms with Crippen LogP contribution in [0.1, 0.15) is 30.4 Å². The van der Waals surface area contributed by atoms with Crippen molar-refractivity contribution in [3.8, 4) is 5.75 Å². The van der Waals surface area contributed by atoms with Gasteiger partial charge in [0.05, 0.1) is 12.2 Å². The van der Waals surface area contributed by atoms with Gasteiger partial charge in [0.1, 0.15) is 23.2 Å². The Morgan fingerprint density at radius 2 is 1.94 bits per heavy atom. The van der Waals surface area contributed by atoms with Gasteiger partial charge in [-0.1, -0.05) is 24.3 Å². The van der Waals surface area contributed by atoms with Crippen LogP contribution < -0.4 is 9.64 Å². The molecule has 6 nitrogen and oxygen atoms in total. The minimum absolute atomic E-state index is 0.234. The molecule has 2 aromatic rings. The first-order valence-corrected chi connectivity index (χ1v) is 13.5. The number of ether oxygens (including phenoxy) is 2.